The molecule has 44 nitrogen and oxygen atoms in total. The number of nitrogens with one attached hydrogen (secondary N) is 3. The van der Waals surface area contributed by atoms with Crippen LogP contribution in [0.5, 0.6) is 11.6 Å². The number of benzene rings is 6. The van der Waals surface area contributed by atoms with Crippen LogP contribution in [0.15, 0.2) is 175 Å². The first-order valence-electron chi connectivity index (χ1n) is 36.1. The molecule has 0 amide bonds. The molecule has 0 unspecified atom stereocenters. The number of aromatic nitrogens is 15. The van der Waals surface area contributed by atoms with Gasteiger partial charge < -0.3 is 9.47 Å². The van der Waals surface area contributed by atoms with E-state index in [1.165, 1.54) is 43.5 Å². The van der Waals surface area contributed by atoms with Gasteiger partial charge in [-0.2, -0.15) is 81.6 Å². The zero-order valence-corrected chi connectivity index (χ0v) is 72.2. The van der Waals surface area contributed by atoms with Crippen molar-refractivity contribution in [2.75, 3.05) is 13.7 Å². The average molecular weight is 1830 g/mol. The number of hydrogen-bond acceptors (Lipinski definition) is 29. The van der Waals surface area contributed by atoms with Gasteiger partial charge in [0.2, 0.25) is 5.88 Å². The fourth-order valence-corrected chi connectivity index (χ4v) is 16.2. The molecule has 0 bridgehead atoms. The van der Waals surface area contributed by atoms with E-state index in [1.54, 1.807) is 40.4 Å². The van der Waals surface area contributed by atoms with Gasteiger partial charge >= 0.3 is 0 Å². The number of methoxy groups -OCH3 is 1. The van der Waals surface area contributed by atoms with E-state index in [0.29, 0.717) is 61.7 Å². The van der Waals surface area contributed by atoms with Gasteiger partial charge in [-0.25, -0.2) is 46.9 Å². The number of aromatic amines is 3. The summed E-state index contributed by atoms with van der Waals surface area (Å²) in [5.74, 6) is -0.499. The first-order chi connectivity index (χ1) is 58.1. The standard InChI is InChI=1S/2C25H24N8O7S2.C24H21FN8O6S2/c1-13-16(12-26)23(33(30-13)19-11-15(41(34,35)36)7-9-20(19)42(37,38)39)29-28-21-22(25(2,3)4)31-32-18-10-14(40-5)6-8-17(18)27-24(21)32;1-14-16(12-26)22(33(30-14)19-11-15(41(34,35)36)9-10-20(19)42(37,38)39)29-28-21-23-27-17-7-5-6-8-18(17)32(23)31-24(21)40-13-25(2,3)4;1-12-15(11-26)22(33(30-12)18-10-14(40(34,35)36)6-8-19(18)41(37,38)39)29-28-20-21(24(2,3)4)31-32-17-9-13(25)5-7-16(17)27-23(20)32/h6-11,31H,1-5H3,(H,34,35,36)(H,37,38,39);5-11,31H,13H2,1-4H3,(H,34,35,36)(H,37,38,39);5-10,31H,1-4H3,(H,34,35,36)(H,37,38,39). The summed E-state index contributed by atoms with van der Waals surface area (Å²) in [5, 5.41) is 77.5. The number of H-pyrrole nitrogens is 3. The zero-order chi connectivity index (χ0) is 91.5. The van der Waals surface area contributed by atoms with Crippen molar-refractivity contribution in [1.29, 1.82) is 15.8 Å². The molecular weight excluding hydrogens is 1760 g/mol. The van der Waals surface area contributed by atoms with Crippen LogP contribution < -0.4 is 9.47 Å². The molecule has 0 aliphatic carbocycles. The van der Waals surface area contributed by atoms with Crippen LogP contribution in [0.3, 0.4) is 0 Å². The number of hydrogen-bond donors (Lipinski definition) is 9. The third-order valence-electron chi connectivity index (χ3n) is 18.6. The molecule has 0 saturated carbocycles. The molecule has 0 atom stereocenters. The first kappa shape index (κ1) is 89.0. The minimum atomic E-state index is -4.94. The maximum Gasteiger partial charge on any atom is 0.296 e. The van der Waals surface area contributed by atoms with Crippen LogP contribution >= 0.6 is 0 Å². The fraction of sp³-hybridized carbons (Fsp3) is 0.230. The monoisotopic (exact) mass is 1820 g/mol. The Bertz CT molecular complexity index is 8030. The summed E-state index contributed by atoms with van der Waals surface area (Å²) < 4.78 is 235. The number of imidazole rings is 3. The minimum Gasteiger partial charge on any atom is -0.497 e. The lowest BCUT2D eigenvalue weighted by Gasteiger charge is -2.17. The van der Waals surface area contributed by atoms with Gasteiger partial charge in [0.1, 0.15) is 61.2 Å². The van der Waals surface area contributed by atoms with Gasteiger partial charge in [-0.05, 0) is 117 Å². The Balaban J connectivity index is 0.000000161. The van der Waals surface area contributed by atoms with Crippen molar-refractivity contribution in [3.63, 3.8) is 0 Å². The quantitative estimate of drug-likeness (QED) is 0.0284. The van der Waals surface area contributed by atoms with Crippen molar-refractivity contribution >= 4 is 145 Å². The van der Waals surface area contributed by atoms with E-state index in [-0.39, 0.29) is 86.1 Å². The molecule has 0 spiro atoms. The predicted octanol–water partition coefficient (Wildman–Crippen LogP) is 13.4. The number of azo groups is 3. The normalized spacial score (nSPS) is 12.9. The van der Waals surface area contributed by atoms with Crippen molar-refractivity contribution in [3.8, 4) is 46.9 Å². The van der Waals surface area contributed by atoms with Gasteiger partial charge in [-0.15, -0.1) is 30.7 Å². The van der Waals surface area contributed by atoms with Crippen LogP contribution in [0.1, 0.15) is 107 Å². The van der Waals surface area contributed by atoms with E-state index in [9.17, 15) is 98.0 Å². The SMILES string of the molecule is COc1ccc2nc3c(N=Nc4c(C#N)c(C)nn4-c4cc(S(=O)(=O)O)ccc4S(=O)(=O)O)c(C(C)(C)C)[nH]n3c2c1.Cc1nn(-c2cc(S(=O)(=O)O)ccc2S(=O)(=O)O)c(N=Nc2c(C(C)(C)C)[nH]n3c2nc2ccc(F)cc23)c1C#N.Cc1nn(-c2cc(S(=O)(=O)O)ccc2S(=O)(=O)O)c(N=Nc2c(OCC(C)(C)C)[nH]n3c2nc2ccccc23)c1C#N. The number of ether oxygens (including phenoxy) is 2. The Morgan fingerprint density at radius 2 is 0.768 bits per heavy atom. The van der Waals surface area contributed by atoms with Gasteiger partial charge in [-0.3, -0.25) is 42.6 Å². The van der Waals surface area contributed by atoms with Crippen molar-refractivity contribution in [3.05, 3.63) is 166 Å². The van der Waals surface area contributed by atoms with Crippen molar-refractivity contribution in [2.45, 2.75) is 123 Å². The molecule has 6 aromatic carbocycles. The van der Waals surface area contributed by atoms with Gasteiger partial charge in [-0.1, -0.05) is 74.4 Å². The third-order valence-corrected chi connectivity index (χ3v) is 23.8. The molecule has 9 heterocycles. The Labute approximate surface area is 707 Å². The lowest BCUT2D eigenvalue weighted by molar-refractivity contribution is 0.191. The Kier molecular flexibility index (Phi) is 22.7. The highest BCUT2D eigenvalue weighted by atomic mass is 32.2. The fourth-order valence-electron chi connectivity index (χ4n) is 12.7. The van der Waals surface area contributed by atoms with Gasteiger partial charge in [0.05, 0.1) is 107 Å². The lowest BCUT2D eigenvalue weighted by atomic mass is 9.91. The van der Waals surface area contributed by atoms with E-state index in [1.807, 2.05) is 98.7 Å². The number of fused-ring (bicyclic) bond motifs is 9. The molecular formula is C74H69FN24O20S6. The highest BCUT2D eigenvalue weighted by Gasteiger charge is 2.34. The minimum absolute atomic E-state index is 0.0808. The summed E-state index contributed by atoms with van der Waals surface area (Å²) in [6.45, 7) is 22.0. The number of halogens is 1. The van der Waals surface area contributed by atoms with Gasteiger partial charge in [0.15, 0.2) is 51.5 Å². The van der Waals surface area contributed by atoms with E-state index in [2.05, 4.69) is 76.2 Å². The molecule has 648 valence electrons. The molecule has 0 radical (unpaired) electrons. The smallest absolute Gasteiger partial charge is 0.296 e. The molecule has 15 aromatic rings. The van der Waals surface area contributed by atoms with Gasteiger partial charge in [0, 0.05) is 23.0 Å². The second-order valence-corrected chi connectivity index (χ2v) is 39.3. The molecule has 0 saturated heterocycles. The molecule has 9 aromatic heterocycles. The van der Waals surface area contributed by atoms with E-state index < -0.39 is 124 Å². The van der Waals surface area contributed by atoms with Crippen molar-refractivity contribution in [2.24, 2.45) is 36.1 Å². The van der Waals surface area contributed by atoms with Gasteiger partial charge in [0.25, 0.3) is 60.7 Å². The largest absolute Gasteiger partial charge is 0.497 e. The van der Waals surface area contributed by atoms with Crippen LogP contribution in [0, 0.1) is 66.0 Å². The summed E-state index contributed by atoms with van der Waals surface area (Å²) in [6, 6.07) is 29.5. The van der Waals surface area contributed by atoms with E-state index >= 15 is 0 Å². The molecule has 125 heavy (non-hydrogen) atoms. The first-order valence-corrected chi connectivity index (χ1v) is 44.7. The Hall–Kier alpha value is -13.8. The number of para-hydroxylation sites is 2. The topological polar surface area (TPSA) is 643 Å². The highest BCUT2D eigenvalue weighted by Crippen LogP contribution is 2.44. The summed E-state index contributed by atoms with van der Waals surface area (Å²) in [7, 11) is -27.6. The maximum absolute atomic E-state index is 14.0. The van der Waals surface area contributed by atoms with Crippen molar-refractivity contribution < 1.29 is 91.7 Å². The lowest BCUT2D eigenvalue weighted by Crippen LogP contribution is -2.17. The van der Waals surface area contributed by atoms with E-state index in [0.717, 1.165) is 74.2 Å². The van der Waals surface area contributed by atoms with Crippen LogP contribution in [-0.2, 0) is 71.5 Å². The second-order valence-electron chi connectivity index (χ2n) is 30.9. The third kappa shape index (κ3) is 17.6. The number of rotatable bonds is 18. The van der Waals surface area contributed by atoms with Crippen LogP contribution in [0.25, 0.3) is 67.1 Å². The number of nitriles is 3. The van der Waals surface area contributed by atoms with Crippen LogP contribution in [0.2, 0.25) is 0 Å². The summed E-state index contributed by atoms with van der Waals surface area (Å²) in [6.07, 6.45) is 0. The highest BCUT2D eigenvalue weighted by molar-refractivity contribution is 7.87. The average Bonchev–Trinajstić information content (AvgIpc) is 1.60. The molecule has 9 N–H and O–H groups in total. The summed E-state index contributed by atoms with van der Waals surface area (Å²) in [4.78, 5) is 9.49. The van der Waals surface area contributed by atoms with Crippen LogP contribution in [-0.4, -0.2) is 165 Å². The molecule has 51 heteroatoms. The Morgan fingerprint density at radius 3 is 1.12 bits per heavy atom. The zero-order valence-electron chi connectivity index (χ0n) is 67.3. The van der Waals surface area contributed by atoms with E-state index in [4.69, 9.17) is 9.47 Å². The summed E-state index contributed by atoms with van der Waals surface area (Å²) in [5.41, 5.74) is 3.71. The van der Waals surface area contributed by atoms with Crippen molar-refractivity contribution in [1.82, 2.24) is 73.1 Å². The second kappa shape index (κ2) is 31.8. The molecule has 0 aliphatic rings. The molecule has 0 aliphatic heterocycles. The Morgan fingerprint density at radius 1 is 0.424 bits per heavy atom. The predicted molar refractivity (Wildman–Crippen MR) is 440 cm³/mol. The number of aryl methyl sites for hydroxylation is 3. The number of nitrogens with zero attached hydrogens (tertiary/aromatic N) is 21. The molecule has 0 fully saturated rings. The molecule has 15 rings (SSSR count). The van der Waals surface area contributed by atoms with Crippen LogP contribution in [0.4, 0.5) is 38.9 Å². The summed E-state index contributed by atoms with van der Waals surface area (Å²) >= 11 is 0. The maximum atomic E-state index is 14.0.